The van der Waals surface area contributed by atoms with Gasteiger partial charge in [-0.3, -0.25) is 14.9 Å². The van der Waals surface area contributed by atoms with Gasteiger partial charge in [0, 0.05) is 17.0 Å². The van der Waals surface area contributed by atoms with E-state index in [1.165, 1.54) is 22.6 Å². The second kappa shape index (κ2) is 7.87. The number of thiophene rings is 1. The van der Waals surface area contributed by atoms with Crippen molar-refractivity contribution in [3.05, 3.63) is 62.0 Å². The highest BCUT2D eigenvalue weighted by Gasteiger charge is 2.36. The Bertz CT molecular complexity index is 1010. The third-order valence-electron chi connectivity index (χ3n) is 6.67. The van der Waals surface area contributed by atoms with Crippen LogP contribution in [0.5, 0.6) is 0 Å². The minimum absolute atomic E-state index is 0.0206. The quantitative estimate of drug-likeness (QED) is 0.497. The van der Waals surface area contributed by atoms with E-state index in [-0.39, 0.29) is 17.8 Å². The maximum Gasteiger partial charge on any atom is 0.269 e. The molecule has 2 heterocycles. The first-order chi connectivity index (χ1) is 14.3. The summed E-state index contributed by atoms with van der Waals surface area (Å²) in [6.07, 6.45) is 7.74. The van der Waals surface area contributed by atoms with Gasteiger partial charge in [0.15, 0.2) is 0 Å². The van der Waals surface area contributed by atoms with Crippen LogP contribution in [0.15, 0.2) is 30.3 Å². The van der Waals surface area contributed by atoms with E-state index in [4.69, 9.17) is 0 Å². The van der Waals surface area contributed by atoms with Crippen molar-refractivity contribution in [2.24, 2.45) is 11.3 Å². The first-order valence-electron chi connectivity index (χ1n) is 10.4. The van der Waals surface area contributed by atoms with Gasteiger partial charge in [0.25, 0.3) is 11.6 Å². The molecule has 0 saturated heterocycles. The van der Waals surface area contributed by atoms with E-state index in [2.05, 4.69) is 31.4 Å². The molecule has 1 aliphatic carbocycles. The van der Waals surface area contributed by atoms with Gasteiger partial charge in [-0.05, 0) is 59.9 Å². The minimum atomic E-state index is -0.414. The normalized spacial score (nSPS) is 21.0. The molecule has 4 rings (SSSR count). The molecule has 0 radical (unpaired) electrons. The largest absolute Gasteiger partial charge is 0.353 e. The molecule has 2 N–H and O–H groups in total. The summed E-state index contributed by atoms with van der Waals surface area (Å²) in [5.41, 5.74) is 3.27. The van der Waals surface area contributed by atoms with Crippen LogP contribution in [-0.4, -0.2) is 17.0 Å². The number of carbonyl (C=O) groups excluding carboxylic acids is 1. The van der Waals surface area contributed by atoms with Gasteiger partial charge in [0.1, 0.15) is 11.2 Å². The van der Waals surface area contributed by atoms with Crippen molar-refractivity contribution in [2.75, 3.05) is 5.32 Å². The summed E-state index contributed by atoms with van der Waals surface area (Å²) in [5.74, 6) is 0.629. The molecule has 0 unspecified atom stereocenters. The van der Waals surface area contributed by atoms with Crippen LogP contribution >= 0.6 is 11.3 Å². The number of non-ortho nitro benzene ring substituents is 1. The summed E-state index contributed by atoms with van der Waals surface area (Å²) in [6, 6.07) is 6.35. The molecule has 0 bridgehead atoms. The van der Waals surface area contributed by atoms with Crippen molar-refractivity contribution in [1.82, 2.24) is 5.32 Å². The van der Waals surface area contributed by atoms with E-state index >= 15 is 0 Å². The third kappa shape index (κ3) is 3.86. The highest BCUT2D eigenvalue weighted by molar-refractivity contribution is 7.16. The third-order valence-corrected chi connectivity index (χ3v) is 7.85. The highest BCUT2D eigenvalue weighted by atomic mass is 32.1. The van der Waals surface area contributed by atoms with E-state index in [0.717, 1.165) is 41.8 Å². The van der Waals surface area contributed by atoms with Crippen LogP contribution < -0.4 is 10.6 Å². The molecule has 7 heteroatoms. The summed E-state index contributed by atoms with van der Waals surface area (Å²) in [4.78, 5) is 24.6. The van der Waals surface area contributed by atoms with E-state index in [0.29, 0.717) is 11.3 Å². The summed E-state index contributed by atoms with van der Waals surface area (Å²) < 4.78 is 0. The number of fused-ring (bicyclic) bond motifs is 3. The number of amides is 1. The molecule has 6 nitrogen and oxygen atoms in total. The molecular formula is C23H27N3O3S. The topological polar surface area (TPSA) is 84.3 Å². The molecule has 1 aromatic carbocycles. The van der Waals surface area contributed by atoms with E-state index in [1.54, 1.807) is 23.5 Å². The van der Waals surface area contributed by atoms with Gasteiger partial charge in [0.2, 0.25) is 0 Å². The molecule has 1 aliphatic heterocycles. The van der Waals surface area contributed by atoms with Crippen molar-refractivity contribution < 1.29 is 9.72 Å². The molecule has 2 aliphatic rings. The Morgan fingerprint density at radius 1 is 1.27 bits per heavy atom. The zero-order chi connectivity index (χ0) is 21.5. The Kier molecular flexibility index (Phi) is 5.40. The monoisotopic (exact) mass is 425 g/mol. The van der Waals surface area contributed by atoms with Crippen LogP contribution in [0.25, 0.3) is 6.08 Å². The molecule has 1 amide bonds. The summed E-state index contributed by atoms with van der Waals surface area (Å²) >= 11 is 1.72. The minimum Gasteiger partial charge on any atom is -0.353 e. The summed E-state index contributed by atoms with van der Waals surface area (Å²) in [5, 5.41) is 18.2. The van der Waals surface area contributed by atoms with Crippen LogP contribution in [0.3, 0.4) is 0 Å². The number of hydrogen-bond acceptors (Lipinski definition) is 5. The highest BCUT2D eigenvalue weighted by Crippen LogP contribution is 2.46. The second-order valence-corrected chi connectivity index (χ2v) is 9.90. The summed E-state index contributed by atoms with van der Waals surface area (Å²) in [6.45, 7) is 6.95. The fraction of sp³-hybridized carbons (Fsp3) is 0.435. The number of carbonyl (C=O) groups is 1. The molecule has 158 valence electrons. The Labute approximate surface area is 180 Å². The van der Waals surface area contributed by atoms with Crippen molar-refractivity contribution in [2.45, 2.75) is 52.6 Å². The Morgan fingerprint density at radius 3 is 2.67 bits per heavy atom. The smallest absolute Gasteiger partial charge is 0.269 e. The maximum absolute atomic E-state index is 12.8. The van der Waals surface area contributed by atoms with Gasteiger partial charge >= 0.3 is 0 Å². The average Bonchev–Trinajstić information content (AvgIpc) is 3.10. The van der Waals surface area contributed by atoms with E-state index in [1.807, 2.05) is 12.2 Å². The van der Waals surface area contributed by atoms with Crippen molar-refractivity contribution in [1.29, 1.82) is 0 Å². The zero-order valence-electron chi connectivity index (χ0n) is 17.5. The lowest BCUT2D eigenvalue weighted by atomic mass is 9.69. The van der Waals surface area contributed by atoms with Gasteiger partial charge in [-0.2, -0.15) is 0 Å². The fourth-order valence-electron chi connectivity index (χ4n) is 4.28. The van der Waals surface area contributed by atoms with Gasteiger partial charge in [-0.1, -0.05) is 33.3 Å². The van der Waals surface area contributed by atoms with E-state index < -0.39 is 4.92 Å². The number of benzene rings is 1. The predicted molar refractivity (Wildman–Crippen MR) is 121 cm³/mol. The Morgan fingerprint density at radius 2 is 2.00 bits per heavy atom. The number of hydrogen-bond donors (Lipinski definition) is 2. The van der Waals surface area contributed by atoms with Crippen LogP contribution in [0.1, 0.15) is 60.0 Å². The standard InChI is InChI=1S/C23H27N3O3S/c1-4-23(2,3)15-8-11-17-18(13-15)30-22-20(17)21(27)24-19(25-22)12-7-14-5-9-16(10-6-14)26(28)29/h5-7,9-10,12,15,19,25H,4,8,11,13H2,1-3H3,(H,24,27)/b12-7+/t15-,19-/m1/s1. The second-order valence-electron chi connectivity index (χ2n) is 8.79. The van der Waals surface area contributed by atoms with E-state index in [9.17, 15) is 14.9 Å². The van der Waals surface area contributed by atoms with Crippen molar-refractivity contribution in [3.63, 3.8) is 0 Å². The lowest BCUT2D eigenvalue weighted by Gasteiger charge is -2.36. The van der Waals surface area contributed by atoms with Crippen LogP contribution in [0.2, 0.25) is 0 Å². The molecule has 0 saturated carbocycles. The van der Waals surface area contributed by atoms with Gasteiger partial charge in [0.05, 0.1) is 10.5 Å². The van der Waals surface area contributed by atoms with Crippen LogP contribution in [0.4, 0.5) is 10.7 Å². The number of nitro groups is 1. The van der Waals surface area contributed by atoms with Crippen LogP contribution in [-0.2, 0) is 12.8 Å². The zero-order valence-corrected chi connectivity index (χ0v) is 18.3. The maximum atomic E-state index is 12.8. The SMILES string of the molecule is CCC(C)(C)[C@@H]1CCc2c(sc3c2C(=O)N[C@@H](/C=C/c2ccc([N+](=O)[O-])cc2)N3)C1. The number of nitrogens with one attached hydrogen (secondary N) is 2. The molecule has 2 aromatic rings. The lowest BCUT2D eigenvalue weighted by Crippen LogP contribution is -2.43. The molecule has 0 fully saturated rings. The number of nitrogens with zero attached hydrogens (tertiary/aromatic N) is 1. The lowest BCUT2D eigenvalue weighted by molar-refractivity contribution is -0.384. The molecule has 1 aromatic heterocycles. The van der Waals surface area contributed by atoms with Gasteiger partial charge in [-0.25, -0.2) is 0 Å². The van der Waals surface area contributed by atoms with Crippen molar-refractivity contribution in [3.8, 4) is 0 Å². The predicted octanol–water partition coefficient (Wildman–Crippen LogP) is 5.39. The molecule has 30 heavy (non-hydrogen) atoms. The summed E-state index contributed by atoms with van der Waals surface area (Å²) in [7, 11) is 0. The van der Waals surface area contributed by atoms with Gasteiger partial charge in [-0.15, -0.1) is 11.3 Å². The first-order valence-corrected chi connectivity index (χ1v) is 11.2. The first kappa shape index (κ1) is 20.6. The Balaban J connectivity index is 1.51. The van der Waals surface area contributed by atoms with Crippen molar-refractivity contribution >= 4 is 34.0 Å². The number of anilines is 1. The Hall–Kier alpha value is -2.67. The molecule has 0 spiro atoms. The average molecular weight is 426 g/mol. The van der Waals surface area contributed by atoms with Crippen LogP contribution in [0, 0.1) is 21.4 Å². The molecule has 2 atom stereocenters. The number of nitro benzene ring substituents is 1. The van der Waals surface area contributed by atoms with Gasteiger partial charge < -0.3 is 10.6 Å². The fourth-order valence-corrected chi connectivity index (χ4v) is 5.65. The number of rotatable bonds is 5. The molecular weight excluding hydrogens is 398 g/mol.